The molecule has 2 aliphatic heterocycles. The van der Waals surface area contributed by atoms with Crippen molar-refractivity contribution in [1.82, 2.24) is 10.2 Å². The van der Waals surface area contributed by atoms with Crippen LogP contribution in [0.3, 0.4) is 0 Å². The maximum Gasteiger partial charge on any atom is 0.303 e. The maximum atomic E-state index is 12.3. The van der Waals surface area contributed by atoms with Crippen LogP contribution in [0, 0.1) is 0 Å². The summed E-state index contributed by atoms with van der Waals surface area (Å²) in [6.07, 6.45) is -0.0715. The van der Waals surface area contributed by atoms with E-state index in [4.69, 9.17) is 23.7 Å². The quantitative estimate of drug-likeness (QED) is 0.172. The van der Waals surface area contributed by atoms with E-state index >= 15 is 0 Å². The van der Waals surface area contributed by atoms with Crippen LogP contribution in [-0.4, -0.2) is 61.4 Å². The molecule has 0 bridgehead atoms. The van der Waals surface area contributed by atoms with Gasteiger partial charge in [-0.25, -0.2) is 0 Å². The van der Waals surface area contributed by atoms with E-state index in [1.54, 1.807) is 21.1 Å². The van der Waals surface area contributed by atoms with Gasteiger partial charge in [0.15, 0.2) is 23.9 Å². The van der Waals surface area contributed by atoms with Crippen LogP contribution in [0.5, 0.6) is 11.5 Å². The molecular formula is C41H46N2O8. The van der Waals surface area contributed by atoms with Crippen molar-refractivity contribution >= 4 is 11.9 Å². The molecule has 268 valence electrons. The van der Waals surface area contributed by atoms with Gasteiger partial charge in [0.05, 0.1) is 33.0 Å². The number of carbonyl (C=O) groups is 2. The van der Waals surface area contributed by atoms with Crippen molar-refractivity contribution in [2.75, 3.05) is 27.3 Å². The highest BCUT2D eigenvalue weighted by molar-refractivity contribution is 5.82. The average molecular weight is 695 g/mol. The van der Waals surface area contributed by atoms with Gasteiger partial charge < -0.3 is 34.1 Å². The second kappa shape index (κ2) is 16.5. The summed E-state index contributed by atoms with van der Waals surface area (Å²) in [7, 11) is 3.33. The molecule has 0 spiro atoms. The zero-order chi connectivity index (χ0) is 35.9. The van der Waals surface area contributed by atoms with E-state index in [1.165, 1.54) is 18.1 Å². The Morgan fingerprint density at radius 2 is 1.59 bits per heavy atom. The first kappa shape index (κ1) is 36.1. The van der Waals surface area contributed by atoms with E-state index in [9.17, 15) is 14.7 Å². The number of rotatable bonds is 12. The number of fused-ring (bicyclic) bond motifs is 1. The molecule has 4 aromatic carbocycles. The van der Waals surface area contributed by atoms with E-state index in [-0.39, 0.29) is 24.7 Å². The van der Waals surface area contributed by atoms with Gasteiger partial charge in [0.25, 0.3) is 5.91 Å². The Kier molecular flexibility index (Phi) is 11.7. The molecule has 51 heavy (non-hydrogen) atoms. The number of nitrogens with one attached hydrogen (secondary N) is 1. The van der Waals surface area contributed by atoms with Gasteiger partial charge >= 0.3 is 5.97 Å². The van der Waals surface area contributed by atoms with E-state index in [2.05, 4.69) is 34.5 Å². The fourth-order valence-corrected chi connectivity index (χ4v) is 6.75. The lowest BCUT2D eigenvalue weighted by Gasteiger charge is -2.39. The van der Waals surface area contributed by atoms with Crippen LogP contribution in [-0.2, 0) is 49.9 Å². The minimum absolute atomic E-state index is 0.00750. The van der Waals surface area contributed by atoms with Gasteiger partial charge in [-0.15, -0.1) is 0 Å². The average Bonchev–Trinajstić information content (AvgIpc) is 3.16. The van der Waals surface area contributed by atoms with Crippen LogP contribution in [0.15, 0.2) is 84.9 Å². The van der Waals surface area contributed by atoms with Crippen molar-refractivity contribution in [3.8, 4) is 22.6 Å². The Labute approximate surface area is 299 Å². The number of nitrogens with zero attached hydrogens (tertiary/aromatic N) is 1. The predicted molar refractivity (Wildman–Crippen MR) is 192 cm³/mol. The number of carbonyl (C=O) groups excluding carboxylic acids is 2. The van der Waals surface area contributed by atoms with E-state index in [0.29, 0.717) is 13.0 Å². The first-order chi connectivity index (χ1) is 24.7. The lowest BCUT2D eigenvalue weighted by molar-refractivity contribution is -0.253. The zero-order valence-corrected chi connectivity index (χ0v) is 29.6. The van der Waals surface area contributed by atoms with Gasteiger partial charge in [0, 0.05) is 45.1 Å². The minimum Gasteiger partial charge on any atom is -0.493 e. The van der Waals surface area contributed by atoms with Gasteiger partial charge in [-0.3, -0.25) is 14.5 Å². The highest BCUT2D eigenvalue weighted by atomic mass is 16.7. The Hall–Kier alpha value is -4.74. The monoisotopic (exact) mass is 694 g/mol. The lowest BCUT2D eigenvalue weighted by Crippen LogP contribution is -2.41. The first-order valence-corrected chi connectivity index (χ1v) is 17.3. The molecule has 0 aromatic heterocycles. The SMILES string of the molecule is COc1cc2c(cc1OC)CN(CC1CC(c3ccc(CO)cc3)OC(c3ccc(-c4cccc(CNC(=O)C(C)OC(C)=O)c4)cc3)O1)CC2. The largest absolute Gasteiger partial charge is 0.493 e. The van der Waals surface area contributed by atoms with Crippen molar-refractivity contribution < 1.29 is 38.4 Å². The molecule has 1 saturated heterocycles. The highest BCUT2D eigenvalue weighted by Crippen LogP contribution is 2.40. The predicted octanol–water partition coefficient (Wildman–Crippen LogP) is 6.03. The first-order valence-electron chi connectivity index (χ1n) is 17.3. The fraction of sp³-hybridized carbons (Fsp3) is 0.366. The van der Waals surface area contributed by atoms with Crippen molar-refractivity contribution in [2.45, 2.75) is 71.0 Å². The lowest BCUT2D eigenvalue weighted by atomic mass is 9.96. The second-order valence-electron chi connectivity index (χ2n) is 13.1. The summed E-state index contributed by atoms with van der Waals surface area (Å²) in [6.45, 7) is 5.59. The van der Waals surface area contributed by atoms with Gasteiger partial charge in [-0.05, 0) is 70.5 Å². The van der Waals surface area contributed by atoms with Crippen molar-refractivity contribution in [3.63, 3.8) is 0 Å². The molecule has 10 nitrogen and oxygen atoms in total. The number of ether oxygens (including phenoxy) is 5. The van der Waals surface area contributed by atoms with Gasteiger partial charge in [0.2, 0.25) is 0 Å². The number of esters is 1. The zero-order valence-electron chi connectivity index (χ0n) is 29.6. The van der Waals surface area contributed by atoms with E-state index < -0.39 is 18.4 Å². The summed E-state index contributed by atoms with van der Waals surface area (Å²) in [5.74, 6) is 0.649. The third-order valence-electron chi connectivity index (χ3n) is 9.50. The number of aliphatic hydroxyl groups excluding tert-OH is 1. The Morgan fingerprint density at radius 1 is 0.882 bits per heavy atom. The molecule has 1 fully saturated rings. The van der Waals surface area contributed by atoms with Gasteiger partial charge in [-0.2, -0.15) is 0 Å². The third-order valence-corrected chi connectivity index (χ3v) is 9.50. The molecule has 4 unspecified atom stereocenters. The van der Waals surface area contributed by atoms with E-state index in [0.717, 1.165) is 70.9 Å². The standard InChI is InChI=1S/C41H46N2O8/c1-26(49-27(2)45)40(46)42-22-29-6-5-7-33(18-29)30-12-14-32(15-13-30)41-50-36(21-37(51-41)31-10-8-28(25-44)9-11-31)24-43-17-16-34-19-38(47-3)39(48-4)20-35(34)23-43/h5-15,18-20,26,36-37,41,44H,16-17,21-25H2,1-4H3,(H,42,46). The molecular weight excluding hydrogens is 648 g/mol. The summed E-state index contributed by atoms with van der Waals surface area (Å²) < 4.78 is 29.4. The summed E-state index contributed by atoms with van der Waals surface area (Å²) in [5.41, 5.74) is 8.29. The topological polar surface area (TPSA) is 116 Å². The van der Waals surface area contributed by atoms with Crippen LogP contribution < -0.4 is 14.8 Å². The Morgan fingerprint density at radius 3 is 2.27 bits per heavy atom. The van der Waals surface area contributed by atoms with Crippen molar-refractivity contribution in [3.05, 3.63) is 118 Å². The molecule has 6 rings (SSSR count). The van der Waals surface area contributed by atoms with Crippen LogP contribution >= 0.6 is 0 Å². The summed E-state index contributed by atoms with van der Waals surface area (Å²) in [5, 5.41) is 12.4. The summed E-state index contributed by atoms with van der Waals surface area (Å²) in [4.78, 5) is 26.0. The van der Waals surface area contributed by atoms with E-state index in [1.807, 2.05) is 60.7 Å². The number of hydrogen-bond donors (Lipinski definition) is 2. The second-order valence-corrected chi connectivity index (χ2v) is 13.1. The molecule has 4 aromatic rings. The Bertz CT molecular complexity index is 1810. The molecule has 4 atom stereocenters. The number of methoxy groups -OCH3 is 2. The summed E-state index contributed by atoms with van der Waals surface area (Å²) >= 11 is 0. The fourth-order valence-electron chi connectivity index (χ4n) is 6.75. The molecule has 10 heteroatoms. The molecule has 1 amide bonds. The van der Waals surface area contributed by atoms with Crippen molar-refractivity contribution in [1.29, 1.82) is 0 Å². The van der Waals surface area contributed by atoms with Crippen LogP contribution in [0.25, 0.3) is 11.1 Å². The third kappa shape index (κ3) is 8.95. The molecule has 2 N–H and O–H groups in total. The molecule has 0 saturated carbocycles. The maximum absolute atomic E-state index is 12.3. The van der Waals surface area contributed by atoms with Crippen LogP contribution in [0.2, 0.25) is 0 Å². The number of aliphatic hydroxyl groups is 1. The van der Waals surface area contributed by atoms with Crippen LogP contribution in [0.4, 0.5) is 0 Å². The van der Waals surface area contributed by atoms with Gasteiger partial charge in [-0.1, -0.05) is 66.7 Å². The number of hydrogen-bond acceptors (Lipinski definition) is 9. The Balaban J connectivity index is 1.16. The number of benzene rings is 4. The minimum atomic E-state index is -0.855. The summed E-state index contributed by atoms with van der Waals surface area (Å²) in [6, 6.07) is 28.3. The highest BCUT2D eigenvalue weighted by Gasteiger charge is 2.34. The smallest absolute Gasteiger partial charge is 0.303 e. The normalized spacial score (nSPS) is 19.4. The molecule has 0 aliphatic carbocycles. The molecule has 2 aliphatic rings. The van der Waals surface area contributed by atoms with Crippen LogP contribution in [0.1, 0.15) is 66.0 Å². The van der Waals surface area contributed by atoms with Gasteiger partial charge in [0.1, 0.15) is 0 Å². The van der Waals surface area contributed by atoms with Crippen molar-refractivity contribution in [2.24, 2.45) is 0 Å². The molecule has 0 radical (unpaired) electrons. The number of amides is 1. The molecule has 2 heterocycles.